The molecule has 0 nitrogen and oxygen atoms in total. The van der Waals surface area contributed by atoms with E-state index in [1.54, 1.807) is 11.1 Å². The molecule has 1 aliphatic heterocycles. The molecule has 1 aliphatic rings. The fourth-order valence-corrected chi connectivity index (χ4v) is 9.63. The molecule has 0 amide bonds. The van der Waals surface area contributed by atoms with Crippen molar-refractivity contribution in [1.29, 1.82) is 0 Å². The summed E-state index contributed by atoms with van der Waals surface area (Å²) in [6.45, 7) is 0. The van der Waals surface area contributed by atoms with Crippen LogP contribution in [0.3, 0.4) is 0 Å². The van der Waals surface area contributed by atoms with Gasteiger partial charge in [-0.25, -0.2) is 0 Å². The van der Waals surface area contributed by atoms with E-state index in [0.717, 1.165) is 8.95 Å². The van der Waals surface area contributed by atoms with Crippen molar-refractivity contribution in [3.8, 4) is 0 Å². The van der Waals surface area contributed by atoms with Crippen molar-refractivity contribution in [1.82, 2.24) is 0 Å². The molecule has 3 heteroatoms. The quantitative estimate of drug-likeness (QED) is 0.383. The first kappa shape index (κ1) is 17.3. The predicted octanol–water partition coefficient (Wildman–Crippen LogP) is 7.40. The summed E-state index contributed by atoms with van der Waals surface area (Å²) < 4.78 is 2.27. The Morgan fingerprint density at radius 2 is 1.04 bits per heavy atom. The first-order valence-corrected chi connectivity index (χ1v) is 16.6. The first-order valence-electron chi connectivity index (χ1n) is 7.84. The Hall–Kier alpha value is -0.577. The van der Waals surface area contributed by atoms with Gasteiger partial charge in [0, 0.05) is 0 Å². The molecule has 23 heavy (non-hydrogen) atoms. The molecule has 0 radical (unpaired) electrons. The molecule has 0 atom stereocenters. The van der Waals surface area contributed by atoms with Crippen LogP contribution in [-0.4, -0.2) is 13.3 Å². The molecule has 0 bridgehead atoms. The molecular weight excluding hydrogens is 473 g/mol. The monoisotopic (exact) mass is 492 g/mol. The van der Waals surface area contributed by atoms with Gasteiger partial charge >= 0.3 is 159 Å². The summed E-state index contributed by atoms with van der Waals surface area (Å²) in [5, 5.41) is 2.64. The van der Waals surface area contributed by atoms with Gasteiger partial charge in [0.25, 0.3) is 0 Å². The van der Waals surface area contributed by atoms with Gasteiger partial charge in [0.05, 0.1) is 0 Å². The van der Waals surface area contributed by atoms with Gasteiger partial charge in [-0.1, -0.05) is 0 Å². The van der Waals surface area contributed by atoms with E-state index < -0.39 is 13.3 Å². The zero-order valence-corrected chi connectivity index (χ0v) is 18.7. The van der Waals surface area contributed by atoms with Gasteiger partial charge in [-0.05, 0) is 0 Å². The Bertz CT molecular complexity index is 688. The van der Waals surface area contributed by atoms with Crippen LogP contribution in [0.2, 0.25) is 22.0 Å². The molecule has 0 saturated carbocycles. The van der Waals surface area contributed by atoms with Crippen LogP contribution in [0.1, 0.15) is 11.1 Å². The van der Waals surface area contributed by atoms with E-state index in [9.17, 15) is 0 Å². The van der Waals surface area contributed by atoms with E-state index in [-0.39, 0.29) is 0 Å². The van der Waals surface area contributed by atoms with Gasteiger partial charge in [-0.15, -0.1) is 0 Å². The SMILES string of the molecule is [CH3][Ge]1([CH3])[CH2]C(=C\c2ccc(Br)cc2)/C(=C\c2ccc(Br)cc2)[CH2]1. The van der Waals surface area contributed by atoms with E-state index in [0.29, 0.717) is 0 Å². The van der Waals surface area contributed by atoms with Crippen LogP contribution in [0.25, 0.3) is 12.2 Å². The molecule has 2 aromatic carbocycles. The molecule has 1 heterocycles. The van der Waals surface area contributed by atoms with Crippen molar-refractivity contribution in [3.63, 3.8) is 0 Å². The second kappa shape index (κ2) is 7.12. The molecule has 2 aromatic rings. The van der Waals surface area contributed by atoms with Crippen LogP contribution < -0.4 is 0 Å². The average Bonchev–Trinajstić information content (AvgIpc) is 2.78. The summed E-state index contributed by atoms with van der Waals surface area (Å²) >= 11 is 5.35. The molecule has 0 aliphatic carbocycles. The fourth-order valence-electron chi connectivity index (χ4n) is 3.13. The van der Waals surface area contributed by atoms with Crippen molar-refractivity contribution in [2.45, 2.75) is 22.0 Å². The number of hydrogen-bond acceptors (Lipinski definition) is 0. The molecule has 3 rings (SSSR count). The van der Waals surface area contributed by atoms with E-state index in [1.165, 1.54) is 21.6 Å². The number of rotatable bonds is 2. The van der Waals surface area contributed by atoms with Crippen LogP contribution in [0.15, 0.2) is 68.6 Å². The van der Waals surface area contributed by atoms with Crippen molar-refractivity contribution >= 4 is 57.3 Å². The zero-order chi connectivity index (χ0) is 16.4. The number of hydrogen-bond donors (Lipinski definition) is 0. The fraction of sp³-hybridized carbons (Fsp3) is 0.200. The second-order valence-electron chi connectivity index (χ2n) is 6.96. The van der Waals surface area contributed by atoms with Crippen LogP contribution in [0, 0.1) is 0 Å². The Morgan fingerprint density at radius 3 is 1.39 bits per heavy atom. The summed E-state index contributed by atoms with van der Waals surface area (Å²) in [5.74, 6) is 5.08. The normalized spacial score (nSPS) is 20.3. The van der Waals surface area contributed by atoms with E-state index in [2.05, 4.69) is 104 Å². The minimum absolute atomic E-state index is 1.13. The van der Waals surface area contributed by atoms with Crippen molar-refractivity contribution in [2.75, 3.05) is 0 Å². The van der Waals surface area contributed by atoms with E-state index >= 15 is 0 Å². The van der Waals surface area contributed by atoms with Crippen molar-refractivity contribution in [3.05, 3.63) is 79.7 Å². The average molecular weight is 493 g/mol. The van der Waals surface area contributed by atoms with Crippen LogP contribution in [0.5, 0.6) is 0 Å². The van der Waals surface area contributed by atoms with Gasteiger partial charge in [0.2, 0.25) is 0 Å². The Morgan fingerprint density at radius 1 is 0.696 bits per heavy atom. The van der Waals surface area contributed by atoms with Gasteiger partial charge < -0.3 is 0 Å². The molecule has 0 spiro atoms. The van der Waals surface area contributed by atoms with E-state index in [1.807, 2.05) is 0 Å². The molecule has 0 N–H and O–H groups in total. The molecular formula is C20H20Br2Ge. The van der Waals surface area contributed by atoms with Gasteiger partial charge in [0.15, 0.2) is 0 Å². The zero-order valence-electron chi connectivity index (χ0n) is 13.4. The Kier molecular flexibility index (Phi) is 5.34. The Labute approximate surface area is 158 Å². The third kappa shape index (κ3) is 4.71. The van der Waals surface area contributed by atoms with Crippen LogP contribution >= 0.6 is 31.9 Å². The third-order valence-corrected chi connectivity index (χ3v) is 10.8. The third-order valence-electron chi connectivity index (χ3n) is 4.17. The summed E-state index contributed by atoms with van der Waals surface area (Å²) in [6, 6.07) is 17.2. The number of halogens is 2. The predicted molar refractivity (Wildman–Crippen MR) is 111 cm³/mol. The number of benzene rings is 2. The maximum absolute atomic E-state index is 3.51. The summed E-state index contributed by atoms with van der Waals surface area (Å²) in [7, 11) is 0. The molecule has 1 fully saturated rings. The maximum atomic E-state index is 3.51. The summed E-state index contributed by atoms with van der Waals surface area (Å²) in [5.41, 5.74) is 5.68. The van der Waals surface area contributed by atoms with Crippen molar-refractivity contribution < 1.29 is 0 Å². The first-order chi connectivity index (χ1) is 10.9. The van der Waals surface area contributed by atoms with Crippen LogP contribution in [-0.2, 0) is 0 Å². The Balaban J connectivity index is 1.96. The van der Waals surface area contributed by atoms with Gasteiger partial charge in [-0.2, -0.15) is 0 Å². The molecule has 0 unspecified atom stereocenters. The standard InChI is InChI=1S/C20H20Br2Ge/c1-23(2)13-17(11-15-3-7-19(21)8-4-15)18(14-23)12-16-5-9-20(22)10-6-16/h3-12H,13-14H2,1-2H3/b17-11-,18-12+. The summed E-state index contributed by atoms with van der Waals surface area (Å²) in [4.78, 5) is 0. The topological polar surface area (TPSA) is 0 Å². The summed E-state index contributed by atoms with van der Waals surface area (Å²) in [6.07, 6.45) is 4.77. The second-order valence-corrected chi connectivity index (χ2v) is 19.4. The molecule has 118 valence electrons. The van der Waals surface area contributed by atoms with Crippen LogP contribution in [0.4, 0.5) is 0 Å². The number of allylic oxidation sites excluding steroid dienone is 2. The molecule has 0 aromatic heterocycles. The van der Waals surface area contributed by atoms with Crippen molar-refractivity contribution in [2.24, 2.45) is 0 Å². The van der Waals surface area contributed by atoms with Gasteiger partial charge in [-0.3, -0.25) is 0 Å². The van der Waals surface area contributed by atoms with Gasteiger partial charge in [0.1, 0.15) is 0 Å². The molecule has 1 saturated heterocycles. The van der Waals surface area contributed by atoms with E-state index in [4.69, 9.17) is 0 Å². The minimum atomic E-state index is -1.67.